The van der Waals surface area contributed by atoms with E-state index in [-0.39, 0.29) is 0 Å². The maximum absolute atomic E-state index is 5.92. The summed E-state index contributed by atoms with van der Waals surface area (Å²) in [4.78, 5) is 8.56. The molecule has 1 saturated carbocycles. The van der Waals surface area contributed by atoms with Crippen LogP contribution in [-0.2, 0) is 0 Å². The van der Waals surface area contributed by atoms with Gasteiger partial charge in [-0.05, 0) is 43.7 Å². The Labute approximate surface area is 142 Å². The highest BCUT2D eigenvalue weighted by Crippen LogP contribution is 2.37. The van der Waals surface area contributed by atoms with Crippen molar-refractivity contribution in [3.8, 4) is 11.4 Å². The standard InChI is InChI=1S/C18H24ClN3O/c1-2-3-4-5-13-6-8-14(9-7-13)18-21-17(22-23-18)15-10-11-20-16(19)12-15/h10-14H,2-9H2,1H3. The molecule has 0 bridgehead atoms. The van der Waals surface area contributed by atoms with Gasteiger partial charge in [-0.2, -0.15) is 4.98 Å². The highest BCUT2D eigenvalue weighted by Gasteiger charge is 2.26. The first-order valence-electron chi connectivity index (χ1n) is 8.71. The molecule has 3 rings (SSSR count). The van der Waals surface area contributed by atoms with E-state index < -0.39 is 0 Å². The molecule has 2 aromatic rings. The van der Waals surface area contributed by atoms with Crippen LogP contribution in [0.15, 0.2) is 22.9 Å². The van der Waals surface area contributed by atoms with Crippen LogP contribution < -0.4 is 0 Å². The van der Waals surface area contributed by atoms with Crippen LogP contribution in [0.4, 0.5) is 0 Å². The van der Waals surface area contributed by atoms with E-state index in [1.807, 2.05) is 6.07 Å². The monoisotopic (exact) mass is 333 g/mol. The van der Waals surface area contributed by atoms with Gasteiger partial charge in [0.1, 0.15) is 5.15 Å². The minimum Gasteiger partial charge on any atom is -0.339 e. The van der Waals surface area contributed by atoms with Crippen molar-refractivity contribution in [1.29, 1.82) is 0 Å². The third-order valence-corrected chi connectivity index (χ3v) is 5.05. The van der Waals surface area contributed by atoms with Crippen LogP contribution in [0.2, 0.25) is 5.15 Å². The minimum atomic E-state index is 0.413. The fraction of sp³-hybridized carbons (Fsp3) is 0.611. The Hall–Kier alpha value is -1.42. The largest absolute Gasteiger partial charge is 0.339 e. The summed E-state index contributed by atoms with van der Waals surface area (Å²) in [5.74, 6) is 2.68. The predicted molar refractivity (Wildman–Crippen MR) is 91.4 cm³/mol. The average Bonchev–Trinajstić information content (AvgIpc) is 3.06. The lowest BCUT2D eigenvalue weighted by Crippen LogP contribution is -2.13. The second-order valence-electron chi connectivity index (χ2n) is 6.54. The molecular formula is C18H24ClN3O. The first-order valence-corrected chi connectivity index (χ1v) is 9.09. The van der Waals surface area contributed by atoms with Gasteiger partial charge in [-0.3, -0.25) is 0 Å². The van der Waals surface area contributed by atoms with E-state index in [0.717, 1.165) is 30.2 Å². The number of unbranched alkanes of at least 4 members (excludes halogenated alkanes) is 2. The smallest absolute Gasteiger partial charge is 0.230 e. The molecule has 2 aromatic heterocycles. The Morgan fingerprint density at radius 3 is 2.78 bits per heavy atom. The van der Waals surface area contributed by atoms with Crippen molar-refractivity contribution >= 4 is 11.6 Å². The van der Waals surface area contributed by atoms with Gasteiger partial charge >= 0.3 is 0 Å². The van der Waals surface area contributed by atoms with Crippen LogP contribution in [-0.4, -0.2) is 15.1 Å². The highest BCUT2D eigenvalue weighted by molar-refractivity contribution is 6.29. The van der Waals surface area contributed by atoms with E-state index in [9.17, 15) is 0 Å². The van der Waals surface area contributed by atoms with Gasteiger partial charge in [0, 0.05) is 17.7 Å². The van der Waals surface area contributed by atoms with E-state index in [1.54, 1.807) is 12.3 Å². The molecule has 2 heterocycles. The number of halogens is 1. The van der Waals surface area contributed by atoms with Crippen LogP contribution in [0.1, 0.15) is 70.1 Å². The molecular weight excluding hydrogens is 310 g/mol. The molecule has 0 amide bonds. The van der Waals surface area contributed by atoms with Crippen LogP contribution in [0.5, 0.6) is 0 Å². The predicted octanol–water partition coefficient (Wildman–Crippen LogP) is 5.64. The zero-order valence-electron chi connectivity index (χ0n) is 13.7. The molecule has 4 nitrogen and oxygen atoms in total. The Balaban J connectivity index is 1.57. The summed E-state index contributed by atoms with van der Waals surface area (Å²) < 4.78 is 5.51. The maximum Gasteiger partial charge on any atom is 0.230 e. The summed E-state index contributed by atoms with van der Waals surface area (Å²) in [6.45, 7) is 2.26. The summed E-state index contributed by atoms with van der Waals surface area (Å²) >= 11 is 5.92. The summed E-state index contributed by atoms with van der Waals surface area (Å²) in [6, 6.07) is 3.62. The Morgan fingerprint density at radius 1 is 1.22 bits per heavy atom. The van der Waals surface area contributed by atoms with E-state index in [1.165, 1.54) is 38.5 Å². The summed E-state index contributed by atoms with van der Waals surface area (Å²) in [5, 5.41) is 4.56. The average molecular weight is 334 g/mol. The van der Waals surface area contributed by atoms with E-state index in [0.29, 0.717) is 16.9 Å². The van der Waals surface area contributed by atoms with Crippen molar-refractivity contribution in [3.05, 3.63) is 29.4 Å². The zero-order valence-corrected chi connectivity index (χ0v) is 14.4. The van der Waals surface area contributed by atoms with Crippen molar-refractivity contribution in [1.82, 2.24) is 15.1 Å². The number of hydrogen-bond donors (Lipinski definition) is 0. The maximum atomic E-state index is 5.92. The number of aromatic nitrogens is 3. The van der Waals surface area contributed by atoms with Crippen LogP contribution in [0, 0.1) is 5.92 Å². The lowest BCUT2D eigenvalue weighted by molar-refractivity contribution is 0.259. The molecule has 1 aliphatic carbocycles. The van der Waals surface area contributed by atoms with Crippen molar-refractivity contribution < 1.29 is 4.52 Å². The van der Waals surface area contributed by atoms with Crippen molar-refractivity contribution in [2.45, 2.75) is 64.2 Å². The molecule has 0 N–H and O–H groups in total. The van der Waals surface area contributed by atoms with Crippen LogP contribution >= 0.6 is 11.6 Å². The molecule has 1 fully saturated rings. The van der Waals surface area contributed by atoms with E-state index in [4.69, 9.17) is 16.1 Å². The normalized spacial score (nSPS) is 21.5. The van der Waals surface area contributed by atoms with Gasteiger partial charge in [0.2, 0.25) is 11.7 Å². The zero-order chi connectivity index (χ0) is 16.1. The molecule has 0 radical (unpaired) electrons. The van der Waals surface area contributed by atoms with E-state index in [2.05, 4.69) is 22.0 Å². The van der Waals surface area contributed by atoms with Gasteiger partial charge in [0.15, 0.2) is 0 Å². The third-order valence-electron chi connectivity index (χ3n) is 4.84. The Kier molecular flexibility index (Phi) is 5.65. The number of hydrogen-bond acceptors (Lipinski definition) is 4. The first-order chi connectivity index (χ1) is 11.3. The van der Waals surface area contributed by atoms with Gasteiger partial charge in [-0.1, -0.05) is 49.4 Å². The van der Waals surface area contributed by atoms with Crippen molar-refractivity contribution in [3.63, 3.8) is 0 Å². The van der Waals surface area contributed by atoms with Gasteiger partial charge in [0.25, 0.3) is 0 Å². The van der Waals surface area contributed by atoms with Gasteiger partial charge in [-0.25, -0.2) is 4.98 Å². The summed E-state index contributed by atoms with van der Waals surface area (Å²) in [7, 11) is 0. The molecule has 1 aliphatic rings. The Bertz CT molecular complexity index is 620. The van der Waals surface area contributed by atoms with Crippen LogP contribution in [0.3, 0.4) is 0 Å². The topological polar surface area (TPSA) is 51.8 Å². The molecule has 124 valence electrons. The molecule has 0 aromatic carbocycles. The van der Waals surface area contributed by atoms with Gasteiger partial charge < -0.3 is 4.52 Å². The molecule has 0 spiro atoms. The van der Waals surface area contributed by atoms with Crippen LogP contribution in [0.25, 0.3) is 11.4 Å². The third kappa shape index (κ3) is 4.31. The SMILES string of the molecule is CCCCCC1CCC(c2nc(-c3ccnc(Cl)c3)no2)CC1. The van der Waals surface area contributed by atoms with E-state index >= 15 is 0 Å². The second-order valence-corrected chi connectivity index (χ2v) is 6.92. The number of nitrogens with zero attached hydrogens (tertiary/aromatic N) is 3. The molecule has 0 saturated heterocycles. The fourth-order valence-corrected chi connectivity index (χ4v) is 3.61. The first kappa shape index (κ1) is 16.4. The fourth-order valence-electron chi connectivity index (χ4n) is 3.44. The van der Waals surface area contributed by atoms with Crippen molar-refractivity contribution in [2.24, 2.45) is 5.92 Å². The Morgan fingerprint density at radius 2 is 2.04 bits per heavy atom. The summed E-state index contributed by atoms with van der Waals surface area (Å²) in [6.07, 6.45) is 12.0. The summed E-state index contributed by atoms with van der Waals surface area (Å²) in [5.41, 5.74) is 0.855. The van der Waals surface area contributed by atoms with Gasteiger partial charge in [0.05, 0.1) is 0 Å². The lowest BCUT2D eigenvalue weighted by Gasteiger charge is -2.26. The second kappa shape index (κ2) is 7.91. The number of pyridine rings is 1. The molecule has 0 unspecified atom stereocenters. The molecule has 5 heteroatoms. The van der Waals surface area contributed by atoms with Crippen molar-refractivity contribution in [2.75, 3.05) is 0 Å². The number of rotatable bonds is 6. The molecule has 0 aliphatic heterocycles. The van der Waals surface area contributed by atoms with Gasteiger partial charge in [-0.15, -0.1) is 0 Å². The molecule has 23 heavy (non-hydrogen) atoms. The lowest BCUT2D eigenvalue weighted by atomic mass is 9.79. The molecule has 0 atom stereocenters. The highest BCUT2D eigenvalue weighted by atomic mass is 35.5. The quantitative estimate of drug-likeness (QED) is 0.507. The minimum absolute atomic E-state index is 0.413.